The zero-order valence-electron chi connectivity index (χ0n) is 9.62. The SMILES string of the molecule is Cc1ccc(S(=O)(=O)NC(C)(C)CCl)cc1. The van der Waals surface area contributed by atoms with Crippen molar-refractivity contribution >= 4 is 21.6 Å². The predicted octanol–water partition coefficient (Wildman–Crippen LogP) is 2.29. The van der Waals surface area contributed by atoms with Gasteiger partial charge in [0.05, 0.1) is 4.90 Å². The molecule has 0 fully saturated rings. The summed E-state index contributed by atoms with van der Waals surface area (Å²) in [4.78, 5) is 0.260. The molecule has 90 valence electrons. The Hall–Kier alpha value is -0.580. The van der Waals surface area contributed by atoms with Crippen LogP contribution in [-0.2, 0) is 10.0 Å². The maximum absolute atomic E-state index is 11.9. The molecule has 0 aliphatic carbocycles. The van der Waals surface area contributed by atoms with E-state index in [0.717, 1.165) is 5.56 Å². The zero-order valence-corrected chi connectivity index (χ0v) is 11.2. The summed E-state index contributed by atoms with van der Waals surface area (Å²) in [5, 5.41) is 0. The number of alkyl halides is 1. The molecular weight excluding hydrogens is 246 g/mol. The van der Waals surface area contributed by atoms with Gasteiger partial charge in [-0.3, -0.25) is 0 Å². The number of sulfonamides is 1. The second kappa shape index (κ2) is 4.73. The molecule has 1 aromatic rings. The lowest BCUT2D eigenvalue weighted by Gasteiger charge is -2.22. The average Bonchev–Trinajstić information content (AvgIpc) is 2.17. The summed E-state index contributed by atoms with van der Waals surface area (Å²) in [5.74, 6) is 0.220. The second-order valence-electron chi connectivity index (χ2n) is 4.44. The maximum Gasteiger partial charge on any atom is 0.241 e. The highest BCUT2D eigenvalue weighted by Crippen LogP contribution is 2.14. The molecule has 0 spiro atoms. The summed E-state index contributed by atoms with van der Waals surface area (Å²) >= 11 is 5.68. The van der Waals surface area contributed by atoms with E-state index < -0.39 is 15.6 Å². The van der Waals surface area contributed by atoms with Crippen molar-refractivity contribution in [3.63, 3.8) is 0 Å². The molecule has 1 N–H and O–H groups in total. The van der Waals surface area contributed by atoms with Crippen molar-refractivity contribution in [2.75, 3.05) is 5.88 Å². The van der Waals surface area contributed by atoms with E-state index in [-0.39, 0.29) is 10.8 Å². The van der Waals surface area contributed by atoms with E-state index >= 15 is 0 Å². The number of aryl methyl sites for hydroxylation is 1. The molecule has 0 aliphatic heterocycles. The first-order chi connectivity index (χ1) is 7.27. The number of benzene rings is 1. The summed E-state index contributed by atoms with van der Waals surface area (Å²) < 4.78 is 26.5. The van der Waals surface area contributed by atoms with Crippen molar-refractivity contribution < 1.29 is 8.42 Å². The maximum atomic E-state index is 11.9. The van der Waals surface area contributed by atoms with Crippen LogP contribution in [0.2, 0.25) is 0 Å². The van der Waals surface area contributed by atoms with E-state index in [4.69, 9.17) is 11.6 Å². The van der Waals surface area contributed by atoms with Gasteiger partial charge in [0, 0.05) is 11.4 Å². The van der Waals surface area contributed by atoms with Gasteiger partial charge in [0.2, 0.25) is 10.0 Å². The molecule has 0 aliphatic rings. The zero-order chi connectivity index (χ0) is 12.4. The summed E-state index contributed by atoms with van der Waals surface area (Å²) in [6.07, 6.45) is 0. The van der Waals surface area contributed by atoms with E-state index in [9.17, 15) is 8.42 Å². The van der Waals surface area contributed by atoms with Crippen molar-refractivity contribution in [3.8, 4) is 0 Å². The largest absolute Gasteiger partial charge is 0.241 e. The van der Waals surface area contributed by atoms with Gasteiger partial charge in [0.1, 0.15) is 0 Å². The van der Waals surface area contributed by atoms with E-state index in [0.29, 0.717) is 0 Å². The fourth-order valence-corrected chi connectivity index (χ4v) is 2.73. The summed E-state index contributed by atoms with van der Waals surface area (Å²) in [7, 11) is -3.48. The summed E-state index contributed by atoms with van der Waals surface area (Å²) in [6.45, 7) is 5.39. The molecule has 1 aromatic carbocycles. The Labute approximate surface area is 102 Å². The number of hydrogen-bond acceptors (Lipinski definition) is 2. The fraction of sp³-hybridized carbons (Fsp3) is 0.455. The average molecular weight is 262 g/mol. The van der Waals surface area contributed by atoms with Crippen LogP contribution in [0.1, 0.15) is 19.4 Å². The second-order valence-corrected chi connectivity index (χ2v) is 6.39. The van der Waals surface area contributed by atoms with Gasteiger partial charge in [-0.25, -0.2) is 13.1 Å². The van der Waals surface area contributed by atoms with Gasteiger partial charge >= 0.3 is 0 Å². The van der Waals surface area contributed by atoms with Crippen LogP contribution < -0.4 is 4.72 Å². The summed E-state index contributed by atoms with van der Waals surface area (Å²) in [5.41, 5.74) is 0.376. The minimum Gasteiger partial charge on any atom is -0.207 e. The van der Waals surface area contributed by atoms with Gasteiger partial charge in [-0.2, -0.15) is 0 Å². The Morgan fingerprint density at radius 3 is 2.19 bits per heavy atom. The quantitative estimate of drug-likeness (QED) is 0.846. The molecule has 0 amide bonds. The van der Waals surface area contributed by atoms with Crippen LogP contribution in [0.4, 0.5) is 0 Å². The first kappa shape index (κ1) is 13.5. The van der Waals surface area contributed by atoms with E-state index in [1.54, 1.807) is 38.1 Å². The molecular formula is C11H16ClNO2S. The highest BCUT2D eigenvalue weighted by molar-refractivity contribution is 7.89. The monoisotopic (exact) mass is 261 g/mol. The molecule has 0 bridgehead atoms. The molecule has 1 rings (SSSR count). The fourth-order valence-electron chi connectivity index (χ4n) is 1.17. The molecule has 3 nitrogen and oxygen atoms in total. The topological polar surface area (TPSA) is 46.2 Å². The van der Waals surface area contributed by atoms with Crippen LogP contribution in [0.25, 0.3) is 0 Å². The van der Waals surface area contributed by atoms with Gasteiger partial charge in [0.25, 0.3) is 0 Å². The van der Waals surface area contributed by atoms with Crippen molar-refractivity contribution in [2.45, 2.75) is 31.2 Å². The van der Waals surface area contributed by atoms with Gasteiger partial charge in [0.15, 0.2) is 0 Å². The van der Waals surface area contributed by atoms with E-state index in [2.05, 4.69) is 4.72 Å². The third-order valence-corrected chi connectivity index (χ3v) is 4.46. The molecule has 0 saturated heterocycles. The van der Waals surface area contributed by atoms with Gasteiger partial charge in [-0.05, 0) is 32.9 Å². The van der Waals surface area contributed by atoms with Crippen LogP contribution >= 0.6 is 11.6 Å². The van der Waals surface area contributed by atoms with E-state index in [1.165, 1.54) is 0 Å². The van der Waals surface area contributed by atoms with Crippen LogP contribution in [0.5, 0.6) is 0 Å². The molecule has 5 heteroatoms. The Balaban J connectivity index is 2.99. The molecule has 0 radical (unpaired) electrons. The Morgan fingerprint density at radius 2 is 1.75 bits per heavy atom. The molecule has 0 atom stereocenters. The lowest BCUT2D eigenvalue weighted by atomic mass is 10.1. The van der Waals surface area contributed by atoms with Crippen molar-refractivity contribution in [1.82, 2.24) is 4.72 Å². The third kappa shape index (κ3) is 3.47. The van der Waals surface area contributed by atoms with Gasteiger partial charge < -0.3 is 0 Å². The molecule has 16 heavy (non-hydrogen) atoms. The normalized spacial score (nSPS) is 12.8. The Morgan fingerprint density at radius 1 is 1.25 bits per heavy atom. The van der Waals surface area contributed by atoms with Crippen LogP contribution in [0.3, 0.4) is 0 Å². The number of hydrogen-bond donors (Lipinski definition) is 1. The minimum atomic E-state index is -3.48. The lowest BCUT2D eigenvalue weighted by Crippen LogP contribution is -2.44. The minimum absolute atomic E-state index is 0.220. The first-order valence-corrected chi connectivity index (χ1v) is 6.95. The first-order valence-electron chi connectivity index (χ1n) is 4.93. The molecule has 0 saturated carbocycles. The predicted molar refractivity (Wildman–Crippen MR) is 66.3 cm³/mol. The van der Waals surface area contributed by atoms with Crippen LogP contribution in [-0.4, -0.2) is 19.8 Å². The van der Waals surface area contributed by atoms with Crippen molar-refractivity contribution in [2.24, 2.45) is 0 Å². The highest BCUT2D eigenvalue weighted by atomic mass is 35.5. The third-order valence-electron chi connectivity index (χ3n) is 2.08. The lowest BCUT2D eigenvalue weighted by molar-refractivity contribution is 0.496. The van der Waals surface area contributed by atoms with Crippen LogP contribution in [0, 0.1) is 6.92 Å². The Bertz CT molecular complexity index is 451. The molecule has 0 unspecified atom stereocenters. The Kier molecular flexibility index (Phi) is 3.99. The standard InChI is InChI=1S/C11H16ClNO2S/c1-9-4-6-10(7-5-9)16(14,15)13-11(2,3)8-12/h4-7,13H,8H2,1-3H3. The van der Waals surface area contributed by atoms with Crippen LogP contribution in [0.15, 0.2) is 29.2 Å². The number of rotatable bonds is 4. The van der Waals surface area contributed by atoms with Crippen molar-refractivity contribution in [1.29, 1.82) is 0 Å². The molecule has 0 aromatic heterocycles. The molecule has 0 heterocycles. The van der Waals surface area contributed by atoms with Gasteiger partial charge in [-0.1, -0.05) is 17.7 Å². The van der Waals surface area contributed by atoms with E-state index in [1.807, 2.05) is 6.92 Å². The van der Waals surface area contributed by atoms with Crippen molar-refractivity contribution in [3.05, 3.63) is 29.8 Å². The summed E-state index contributed by atoms with van der Waals surface area (Å²) in [6, 6.07) is 6.70. The number of nitrogens with one attached hydrogen (secondary N) is 1. The van der Waals surface area contributed by atoms with Gasteiger partial charge in [-0.15, -0.1) is 11.6 Å². The number of halogens is 1. The smallest absolute Gasteiger partial charge is 0.207 e. The highest BCUT2D eigenvalue weighted by Gasteiger charge is 2.25.